The van der Waals surface area contributed by atoms with Crippen molar-refractivity contribution in [3.63, 3.8) is 0 Å². The van der Waals surface area contributed by atoms with Gasteiger partial charge in [0.2, 0.25) is 0 Å². The number of halogens is 3. The van der Waals surface area contributed by atoms with Crippen LogP contribution < -0.4 is 0 Å². The highest BCUT2D eigenvalue weighted by molar-refractivity contribution is 5.29. The van der Waals surface area contributed by atoms with E-state index in [1.165, 1.54) is 25.0 Å². The van der Waals surface area contributed by atoms with Gasteiger partial charge in [-0.2, -0.15) is 13.2 Å². The highest BCUT2D eigenvalue weighted by Gasteiger charge is 2.40. The summed E-state index contributed by atoms with van der Waals surface area (Å²) in [7, 11) is 0. The van der Waals surface area contributed by atoms with Crippen LogP contribution in [0.4, 0.5) is 13.2 Å². The van der Waals surface area contributed by atoms with Crippen LogP contribution in [-0.4, -0.2) is 29.1 Å². The largest absolute Gasteiger partial charge is 0.416 e. The number of hydrogen-bond donors (Lipinski definition) is 1. The smallest absolute Gasteiger partial charge is 0.385 e. The fourth-order valence-electron chi connectivity index (χ4n) is 3.64. The van der Waals surface area contributed by atoms with E-state index in [4.69, 9.17) is 0 Å². The number of hydrogen-bond acceptors (Lipinski definition) is 2. The molecule has 1 N–H and O–H groups in total. The normalized spacial score (nSPS) is 31.0. The van der Waals surface area contributed by atoms with Crippen LogP contribution in [0.5, 0.6) is 0 Å². The summed E-state index contributed by atoms with van der Waals surface area (Å²) in [6.07, 6.45) is 0.337. The zero-order chi connectivity index (χ0) is 15.1. The van der Waals surface area contributed by atoms with Crippen LogP contribution in [0.25, 0.3) is 0 Å². The maximum atomic E-state index is 12.6. The SMILES string of the molecule is O[C@@]1(c2ccc(C(F)(F)F)cc2)CCN2CCCCC2C1. The second kappa shape index (κ2) is 5.29. The van der Waals surface area contributed by atoms with E-state index in [1.54, 1.807) is 0 Å². The molecule has 0 aromatic heterocycles. The minimum Gasteiger partial charge on any atom is -0.385 e. The van der Waals surface area contributed by atoms with Crippen LogP contribution in [-0.2, 0) is 11.8 Å². The number of piperidine rings is 2. The van der Waals surface area contributed by atoms with Crippen LogP contribution in [0.15, 0.2) is 24.3 Å². The summed E-state index contributed by atoms with van der Waals surface area (Å²) in [6, 6.07) is 5.36. The second-order valence-electron chi connectivity index (χ2n) is 6.25. The summed E-state index contributed by atoms with van der Waals surface area (Å²) >= 11 is 0. The van der Waals surface area contributed by atoms with E-state index in [-0.39, 0.29) is 0 Å². The second-order valence-corrected chi connectivity index (χ2v) is 6.25. The molecule has 116 valence electrons. The molecule has 0 saturated carbocycles. The quantitative estimate of drug-likeness (QED) is 0.857. The van der Waals surface area contributed by atoms with E-state index >= 15 is 0 Å². The number of benzene rings is 1. The molecule has 1 unspecified atom stereocenters. The Labute approximate surface area is 122 Å². The van der Waals surface area contributed by atoms with Gasteiger partial charge in [0.05, 0.1) is 11.2 Å². The van der Waals surface area contributed by atoms with Gasteiger partial charge < -0.3 is 10.0 Å². The first-order chi connectivity index (χ1) is 9.88. The molecular weight excluding hydrogens is 279 g/mol. The minimum atomic E-state index is -4.33. The third kappa shape index (κ3) is 2.94. The number of aliphatic hydroxyl groups is 1. The van der Waals surface area contributed by atoms with Crippen molar-refractivity contribution >= 4 is 0 Å². The van der Waals surface area contributed by atoms with Crippen molar-refractivity contribution in [3.05, 3.63) is 35.4 Å². The van der Waals surface area contributed by atoms with Crippen LogP contribution >= 0.6 is 0 Å². The van der Waals surface area contributed by atoms with Gasteiger partial charge in [0.25, 0.3) is 0 Å². The predicted molar refractivity (Wildman–Crippen MR) is 73.8 cm³/mol. The van der Waals surface area contributed by atoms with Gasteiger partial charge in [-0.15, -0.1) is 0 Å². The molecule has 2 nitrogen and oxygen atoms in total. The molecule has 2 saturated heterocycles. The Balaban J connectivity index is 1.79. The predicted octanol–water partition coefficient (Wildman–Crippen LogP) is 3.54. The lowest BCUT2D eigenvalue weighted by molar-refractivity contribution is -0.137. The van der Waals surface area contributed by atoms with E-state index in [2.05, 4.69) is 4.90 Å². The third-order valence-electron chi connectivity index (χ3n) is 4.88. The zero-order valence-electron chi connectivity index (χ0n) is 11.9. The summed E-state index contributed by atoms with van der Waals surface area (Å²) in [5.74, 6) is 0. The summed E-state index contributed by atoms with van der Waals surface area (Å²) in [4.78, 5) is 2.40. The van der Waals surface area contributed by atoms with Crippen molar-refractivity contribution in [2.45, 2.75) is 49.9 Å². The lowest BCUT2D eigenvalue weighted by atomic mass is 9.78. The first kappa shape index (κ1) is 14.9. The molecule has 5 heteroatoms. The Hall–Kier alpha value is -1.07. The average molecular weight is 299 g/mol. The topological polar surface area (TPSA) is 23.5 Å². The van der Waals surface area contributed by atoms with Gasteiger partial charge in [0.1, 0.15) is 0 Å². The van der Waals surface area contributed by atoms with Gasteiger partial charge in [0.15, 0.2) is 0 Å². The minimum absolute atomic E-state index is 0.361. The van der Waals surface area contributed by atoms with Gasteiger partial charge in [0, 0.05) is 12.6 Å². The summed E-state index contributed by atoms with van der Waals surface area (Å²) in [5.41, 5.74) is -1.03. The first-order valence-corrected chi connectivity index (χ1v) is 7.53. The Kier molecular flexibility index (Phi) is 3.74. The van der Waals surface area contributed by atoms with Crippen LogP contribution in [0.1, 0.15) is 43.2 Å². The summed E-state index contributed by atoms with van der Waals surface area (Å²) in [5, 5.41) is 10.9. The third-order valence-corrected chi connectivity index (χ3v) is 4.88. The molecule has 2 atom stereocenters. The maximum Gasteiger partial charge on any atom is 0.416 e. The van der Waals surface area contributed by atoms with Crippen LogP contribution in [0.3, 0.4) is 0 Å². The number of fused-ring (bicyclic) bond motifs is 1. The van der Waals surface area contributed by atoms with E-state index in [9.17, 15) is 18.3 Å². The first-order valence-electron chi connectivity index (χ1n) is 7.53. The van der Waals surface area contributed by atoms with E-state index in [1.807, 2.05) is 0 Å². The Morgan fingerprint density at radius 2 is 1.81 bits per heavy atom. The van der Waals surface area contributed by atoms with E-state index in [0.717, 1.165) is 31.6 Å². The highest BCUT2D eigenvalue weighted by Crippen LogP contribution is 2.39. The van der Waals surface area contributed by atoms with Gasteiger partial charge in [-0.1, -0.05) is 18.6 Å². The molecule has 1 aromatic carbocycles. The van der Waals surface area contributed by atoms with E-state index in [0.29, 0.717) is 24.4 Å². The standard InChI is InChI=1S/C16H20F3NO/c17-16(18,19)13-6-4-12(5-7-13)15(21)8-10-20-9-2-1-3-14(20)11-15/h4-7,14,21H,1-3,8-11H2/t14?,15-/m0/s1. The molecule has 0 bridgehead atoms. The van der Waals surface area contributed by atoms with Crippen molar-refractivity contribution in [2.24, 2.45) is 0 Å². The molecule has 2 fully saturated rings. The molecule has 21 heavy (non-hydrogen) atoms. The molecule has 1 aromatic rings. The Morgan fingerprint density at radius 3 is 2.48 bits per heavy atom. The molecule has 0 spiro atoms. The Morgan fingerprint density at radius 1 is 1.10 bits per heavy atom. The highest BCUT2D eigenvalue weighted by atomic mass is 19.4. The summed E-state index contributed by atoms with van der Waals surface area (Å²) in [6.45, 7) is 1.90. The van der Waals surface area contributed by atoms with Crippen molar-refractivity contribution in [1.29, 1.82) is 0 Å². The number of nitrogens with zero attached hydrogens (tertiary/aromatic N) is 1. The molecule has 2 heterocycles. The van der Waals surface area contributed by atoms with Crippen LogP contribution in [0.2, 0.25) is 0 Å². The lowest BCUT2D eigenvalue weighted by Crippen LogP contribution is -2.50. The summed E-state index contributed by atoms with van der Waals surface area (Å²) < 4.78 is 37.8. The lowest BCUT2D eigenvalue weighted by Gasteiger charge is -2.46. The van der Waals surface area contributed by atoms with Gasteiger partial charge >= 0.3 is 6.18 Å². The molecular formula is C16H20F3NO. The zero-order valence-corrected chi connectivity index (χ0v) is 11.9. The molecule has 2 aliphatic rings. The van der Waals surface area contributed by atoms with Gasteiger partial charge in [-0.3, -0.25) is 0 Å². The molecule has 3 rings (SSSR count). The van der Waals surface area contributed by atoms with Gasteiger partial charge in [-0.25, -0.2) is 0 Å². The number of rotatable bonds is 1. The van der Waals surface area contributed by atoms with Crippen molar-refractivity contribution in [3.8, 4) is 0 Å². The van der Waals surface area contributed by atoms with Crippen molar-refractivity contribution in [2.75, 3.05) is 13.1 Å². The fourth-order valence-corrected chi connectivity index (χ4v) is 3.64. The van der Waals surface area contributed by atoms with E-state index < -0.39 is 17.3 Å². The fraction of sp³-hybridized carbons (Fsp3) is 0.625. The molecule has 0 amide bonds. The number of alkyl halides is 3. The molecule has 2 aliphatic heterocycles. The van der Waals surface area contributed by atoms with Crippen molar-refractivity contribution in [1.82, 2.24) is 4.90 Å². The van der Waals surface area contributed by atoms with Gasteiger partial charge in [-0.05, 0) is 49.9 Å². The Bertz CT molecular complexity index is 499. The molecule has 0 radical (unpaired) electrons. The maximum absolute atomic E-state index is 12.6. The monoisotopic (exact) mass is 299 g/mol. The molecule has 0 aliphatic carbocycles. The van der Waals surface area contributed by atoms with Crippen molar-refractivity contribution < 1.29 is 18.3 Å². The average Bonchev–Trinajstić information content (AvgIpc) is 2.46. The van der Waals surface area contributed by atoms with Crippen LogP contribution in [0, 0.1) is 0 Å².